The number of hydrogen-bond donors (Lipinski definition) is 3. The van der Waals surface area contributed by atoms with E-state index in [1.54, 1.807) is 6.07 Å². The molecule has 2 aromatic carbocycles. The van der Waals surface area contributed by atoms with Crippen molar-refractivity contribution in [1.82, 2.24) is 5.32 Å². The van der Waals surface area contributed by atoms with Gasteiger partial charge in [-0.2, -0.15) is 0 Å². The molecular formula is C18H19NO3. The molecule has 2 aromatic rings. The van der Waals surface area contributed by atoms with Crippen molar-refractivity contribution in [2.45, 2.75) is 25.3 Å². The van der Waals surface area contributed by atoms with Gasteiger partial charge >= 0.3 is 0 Å². The summed E-state index contributed by atoms with van der Waals surface area (Å²) in [4.78, 5) is 12.3. The van der Waals surface area contributed by atoms with E-state index < -0.39 is 0 Å². The van der Waals surface area contributed by atoms with Crippen LogP contribution in [0.4, 0.5) is 0 Å². The fourth-order valence-corrected chi connectivity index (χ4v) is 2.93. The first kappa shape index (κ1) is 14.4. The van der Waals surface area contributed by atoms with Gasteiger partial charge in [-0.15, -0.1) is 0 Å². The van der Waals surface area contributed by atoms with Crippen LogP contribution in [0.2, 0.25) is 0 Å². The summed E-state index contributed by atoms with van der Waals surface area (Å²) in [7, 11) is 0. The van der Waals surface area contributed by atoms with E-state index >= 15 is 0 Å². The molecule has 4 heteroatoms. The van der Waals surface area contributed by atoms with Crippen LogP contribution in [0.5, 0.6) is 11.5 Å². The molecule has 0 unspecified atom stereocenters. The number of phenolic OH excluding ortho intramolecular Hbond substituents is 2. The van der Waals surface area contributed by atoms with E-state index in [4.69, 9.17) is 0 Å². The maximum absolute atomic E-state index is 12.3. The zero-order valence-electron chi connectivity index (χ0n) is 12.4. The Balaban J connectivity index is 1.65. The van der Waals surface area contributed by atoms with E-state index in [0.29, 0.717) is 5.56 Å². The van der Waals surface area contributed by atoms with Crippen molar-refractivity contribution < 1.29 is 15.0 Å². The van der Waals surface area contributed by atoms with Crippen LogP contribution in [0.3, 0.4) is 0 Å². The Morgan fingerprint density at radius 3 is 2.41 bits per heavy atom. The van der Waals surface area contributed by atoms with Gasteiger partial charge in [0.15, 0.2) is 0 Å². The third-order valence-electron chi connectivity index (χ3n) is 4.55. The van der Waals surface area contributed by atoms with Crippen LogP contribution < -0.4 is 5.32 Å². The van der Waals surface area contributed by atoms with E-state index in [1.165, 1.54) is 17.7 Å². The van der Waals surface area contributed by atoms with Crippen LogP contribution in [0.25, 0.3) is 0 Å². The van der Waals surface area contributed by atoms with Gasteiger partial charge in [-0.05, 0) is 24.1 Å². The van der Waals surface area contributed by atoms with E-state index in [0.717, 1.165) is 6.42 Å². The smallest absolute Gasteiger partial charge is 0.224 e. The maximum atomic E-state index is 12.3. The second-order valence-corrected chi connectivity index (χ2v) is 6.03. The zero-order valence-corrected chi connectivity index (χ0v) is 12.4. The van der Waals surface area contributed by atoms with Crippen LogP contribution >= 0.6 is 0 Å². The normalized spacial score (nSPS) is 23.0. The van der Waals surface area contributed by atoms with E-state index in [1.807, 2.05) is 30.3 Å². The first-order valence-electron chi connectivity index (χ1n) is 7.35. The summed E-state index contributed by atoms with van der Waals surface area (Å²) in [6, 6.07) is 14.6. The third-order valence-corrected chi connectivity index (χ3v) is 4.55. The number of rotatable bonds is 4. The van der Waals surface area contributed by atoms with Crippen LogP contribution in [-0.2, 0) is 16.8 Å². The number of carbonyl (C=O) groups is 1. The van der Waals surface area contributed by atoms with Gasteiger partial charge in [0.1, 0.15) is 11.5 Å². The summed E-state index contributed by atoms with van der Waals surface area (Å²) in [6.07, 6.45) is 0.815. The molecule has 0 aromatic heterocycles. The number of phenols is 2. The SMILES string of the molecule is C[C@]1(c2ccccc2)C[C@H]1C(=O)NCc1c(O)cccc1O. The van der Waals surface area contributed by atoms with Crippen molar-refractivity contribution in [3.05, 3.63) is 59.7 Å². The van der Waals surface area contributed by atoms with Crippen LogP contribution in [0, 0.1) is 5.92 Å². The molecule has 3 N–H and O–H groups in total. The van der Waals surface area contributed by atoms with Crippen LogP contribution in [-0.4, -0.2) is 16.1 Å². The molecule has 1 aliphatic carbocycles. The number of amides is 1. The van der Waals surface area contributed by atoms with Crippen LogP contribution in [0.15, 0.2) is 48.5 Å². The summed E-state index contributed by atoms with van der Waals surface area (Å²) < 4.78 is 0. The molecule has 0 spiro atoms. The predicted molar refractivity (Wildman–Crippen MR) is 83.5 cm³/mol. The van der Waals surface area contributed by atoms with Gasteiger partial charge in [0.05, 0.1) is 12.1 Å². The molecule has 0 heterocycles. The molecule has 1 saturated carbocycles. The van der Waals surface area contributed by atoms with Crippen molar-refractivity contribution >= 4 is 5.91 Å². The van der Waals surface area contributed by atoms with Crippen molar-refractivity contribution in [3.63, 3.8) is 0 Å². The minimum Gasteiger partial charge on any atom is -0.507 e. The molecule has 1 aliphatic rings. The molecule has 0 bridgehead atoms. The maximum Gasteiger partial charge on any atom is 0.224 e. The van der Waals surface area contributed by atoms with Crippen molar-refractivity contribution in [1.29, 1.82) is 0 Å². The highest BCUT2D eigenvalue weighted by atomic mass is 16.3. The fourth-order valence-electron chi connectivity index (χ4n) is 2.93. The summed E-state index contributed by atoms with van der Waals surface area (Å²) in [5.74, 6) is -0.138. The van der Waals surface area contributed by atoms with Gasteiger partial charge in [-0.3, -0.25) is 4.79 Å². The molecule has 114 valence electrons. The number of aromatic hydroxyl groups is 2. The second-order valence-electron chi connectivity index (χ2n) is 6.03. The van der Waals surface area contributed by atoms with Crippen molar-refractivity contribution in [2.75, 3.05) is 0 Å². The lowest BCUT2D eigenvalue weighted by atomic mass is 9.95. The molecule has 0 saturated heterocycles. The molecule has 1 amide bonds. The highest BCUT2D eigenvalue weighted by Crippen LogP contribution is 2.54. The zero-order chi connectivity index (χ0) is 15.7. The van der Waals surface area contributed by atoms with E-state index in [-0.39, 0.29) is 35.3 Å². The number of carbonyl (C=O) groups excluding carboxylic acids is 1. The standard InChI is InChI=1S/C18H19NO3/c1-18(12-6-3-2-4-7-12)10-14(18)17(22)19-11-13-15(20)8-5-9-16(13)21/h2-9,14,20-21H,10-11H2,1H3,(H,19,22)/t14-,18+/m0/s1. The lowest BCUT2D eigenvalue weighted by Crippen LogP contribution is -2.27. The van der Waals surface area contributed by atoms with Gasteiger partial charge in [0.2, 0.25) is 5.91 Å². The molecule has 4 nitrogen and oxygen atoms in total. The van der Waals surface area contributed by atoms with Gasteiger partial charge in [0.25, 0.3) is 0 Å². The molecule has 0 aliphatic heterocycles. The second kappa shape index (κ2) is 5.37. The Hall–Kier alpha value is -2.49. The largest absolute Gasteiger partial charge is 0.507 e. The molecule has 1 fully saturated rings. The summed E-state index contributed by atoms with van der Waals surface area (Å²) >= 11 is 0. The van der Waals surface area contributed by atoms with Crippen molar-refractivity contribution in [2.24, 2.45) is 5.92 Å². The summed E-state index contributed by atoms with van der Waals surface area (Å²) in [6.45, 7) is 2.21. The Bertz CT molecular complexity index is 678. The molecule has 0 radical (unpaired) electrons. The van der Waals surface area contributed by atoms with Gasteiger partial charge < -0.3 is 15.5 Å². The van der Waals surface area contributed by atoms with Gasteiger partial charge in [-0.25, -0.2) is 0 Å². The average Bonchev–Trinajstić information content (AvgIpc) is 3.21. The molecule has 3 rings (SSSR count). The highest BCUT2D eigenvalue weighted by molar-refractivity contribution is 5.84. The van der Waals surface area contributed by atoms with Crippen LogP contribution in [0.1, 0.15) is 24.5 Å². The number of benzene rings is 2. The van der Waals surface area contributed by atoms with Gasteiger partial charge in [-0.1, -0.05) is 43.3 Å². The first-order chi connectivity index (χ1) is 10.5. The Kier molecular flexibility index (Phi) is 3.53. The number of nitrogens with one attached hydrogen (secondary N) is 1. The third kappa shape index (κ3) is 2.52. The Morgan fingerprint density at radius 2 is 1.77 bits per heavy atom. The lowest BCUT2D eigenvalue weighted by Gasteiger charge is -2.13. The van der Waals surface area contributed by atoms with E-state index in [2.05, 4.69) is 12.2 Å². The number of hydrogen-bond acceptors (Lipinski definition) is 3. The Morgan fingerprint density at radius 1 is 1.14 bits per heavy atom. The fraction of sp³-hybridized carbons (Fsp3) is 0.278. The molecule has 2 atom stereocenters. The molecular weight excluding hydrogens is 278 g/mol. The summed E-state index contributed by atoms with van der Waals surface area (Å²) in [5, 5.41) is 22.3. The topological polar surface area (TPSA) is 69.6 Å². The lowest BCUT2D eigenvalue weighted by molar-refractivity contribution is -0.122. The monoisotopic (exact) mass is 297 g/mol. The van der Waals surface area contributed by atoms with Gasteiger partial charge in [0, 0.05) is 11.3 Å². The highest BCUT2D eigenvalue weighted by Gasteiger charge is 2.55. The molecule has 22 heavy (non-hydrogen) atoms. The van der Waals surface area contributed by atoms with E-state index in [9.17, 15) is 15.0 Å². The minimum atomic E-state index is -0.119. The minimum absolute atomic E-state index is 0.0121. The predicted octanol–water partition coefficient (Wildman–Crippen LogP) is 2.69. The first-order valence-corrected chi connectivity index (χ1v) is 7.35. The Labute approximate surface area is 129 Å². The quantitative estimate of drug-likeness (QED) is 0.812. The van der Waals surface area contributed by atoms with Crippen molar-refractivity contribution in [3.8, 4) is 11.5 Å². The summed E-state index contributed by atoms with van der Waals surface area (Å²) in [5.41, 5.74) is 1.39. The average molecular weight is 297 g/mol.